The van der Waals surface area contributed by atoms with Gasteiger partial charge in [0.25, 0.3) is 0 Å². The Bertz CT molecular complexity index is 337. The molecule has 0 unspecified atom stereocenters. The Hall–Kier alpha value is 0.01000. The summed E-state index contributed by atoms with van der Waals surface area (Å²) >= 11 is 5.51. The van der Waals surface area contributed by atoms with Crippen molar-refractivity contribution in [3.63, 3.8) is 0 Å². The minimum Gasteiger partial charge on any atom is -0.324 e. The monoisotopic (exact) mass is 301 g/mol. The molecule has 1 rings (SSSR count). The lowest BCUT2D eigenvalue weighted by molar-refractivity contribution is 0.632. The molecule has 1 nitrogen and oxygen atoms in total. The van der Waals surface area contributed by atoms with Crippen LogP contribution in [0.1, 0.15) is 38.8 Å². The number of halogens is 1. The van der Waals surface area contributed by atoms with Crippen LogP contribution in [0.3, 0.4) is 0 Å². The number of thioether (sulfide) groups is 1. The number of hydrogen-bond acceptors (Lipinski definition) is 2. The van der Waals surface area contributed by atoms with E-state index in [9.17, 15) is 0 Å². The molecule has 0 saturated heterocycles. The van der Waals surface area contributed by atoms with Crippen LogP contribution in [-0.2, 0) is 0 Å². The Morgan fingerprint density at radius 2 is 2.00 bits per heavy atom. The molecule has 3 heteroatoms. The van der Waals surface area contributed by atoms with Crippen LogP contribution in [0.2, 0.25) is 0 Å². The molecule has 0 aliphatic heterocycles. The molecule has 90 valence electrons. The van der Waals surface area contributed by atoms with Gasteiger partial charge in [-0.25, -0.2) is 0 Å². The molecule has 0 bridgehead atoms. The van der Waals surface area contributed by atoms with Gasteiger partial charge in [-0.3, -0.25) is 0 Å². The zero-order chi connectivity index (χ0) is 12.1. The van der Waals surface area contributed by atoms with E-state index >= 15 is 0 Å². The molecular weight excluding hydrogens is 282 g/mol. The second kappa shape index (κ2) is 6.67. The topological polar surface area (TPSA) is 26.0 Å². The van der Waals surface area contributed by atoms with E-state index in [1.165, 1.54) is 22.6 Å². The average Bonchev–Trinajstić information content (AvgIpc) is 2.19. The summed E-state index contributed by atoms with van der Waals surface area (Å²) in [6, 6.07) is 6.51. The van der Waals surface area contributed by atoms with Crippen molar-refractivity contribution in [2.45, 2.75) is 38.1 Å². The van der Waals surface area contributed by atoms with Gasteiger partial charge in [0.2, 0.25) is 0 Å². The summed E-state index contributed by atoms with van der Waals surface area (Å²) in [6.45, 7) is 6.52. The van der Waals surface area contributed by atoms with Crippen molar-refractivity contribution in [3.05, 3.63) is 28.2 Å². The molecule has 1 aromatic carbocycles. The Balaban J connectivity index is 2.61. The Kier molecular flexibility index (Phi) is 5.87. The first-order valence-corrected chi connectivity index (χ1v) is 7.46. The van der Waals surface area contributed by atoms with Crippen LogP contribution < -0.4 is 5.73 Å². The van der Waals surface area contributed by atoms with Crippen LogP contribution in [0.15, 0.2) is 27.6 Å². The van der Waals surface area contributed by atoms with Crippen molar-refractivity contribution in [2.75, 3.05) is 5.75 Å². The second-order valence-electron chi connectivity index (χ2n) is 4.51. The van der Waals surface area contributed by atoms with Gasteiger partial charge >= 0.3 is 0 Å². The molecule has 0 fully saturated rings. The summed E-state index contributed by atoms with van der Waals surface area (Å²) < 4.78 is 1.16. The lowest BCUT2D eigenvalue weighted by Gasteiger charge is -2.10. The van der Waals surface area contributed by atoms with Crippen molar-refractivity contribution in [3.8, 4) is 0 Å². The maximum absolute atomic E-state index is 5.84. The first kappa shape index (κ1) is 14.1. The second-order valence-corrected chi connectivity index (χ2v) is 6.50. The average molecular weight is 302 g/mol. The highest BCUT2D eigenvalue weighted by Crippen LogP contribution is 2.30. The molecule has 0 saturated carbocycles. The van der Waals surface area contributed by atoms with Crippen LogP contribution in [0, 0.1) is 5.92 Å². The van der Waals surface area contributed by atoms with Crippen molar-refractivity contribution < 1.29 is 0 Å². The van der Waals surface area contributed by atoms with E-state index in [2.05, 4.69) is 48.0 Å². The van der Waals surface area contributed by atoms with E-state index in [1.54, 1.807) is 0 Å². The summed E-state index contributed by atoms with van der Waals surface area (Å²) in [5.41, 5.74) is 7.03. The molecule has 0 aliphatic rings. The van der Waals surface area contributed by atoms with E-state index < -0.39 is 0 Å². The summed E-state index contributed by atoms with van der Waals surface area (Å²) in [5.74, 6) is 1.95. The van der Waals surface area contributed by atoms with Gasteiger partial charge in [-0.1, -0.05) is 19.9 Å². The fraction of sp³-hybridized carbons (Fsp3) is 0.538. The normalized spacial score (nSPS) is 13.1. The van der Waals surface area contributed by atoms with E-state index in [1.807, 2.05) is 18.7 Å². The summed E-state index contributed by atoms with van der Waals surface area (Å²) in [7, 11) is 0. The van der Waals surface area contributed by atoms with Gasteiger partial charge in [-0.2, -0.15) is 0 Å². The minimum atomic E-state index is 0.103. The molecule has 1 atom stereocenters. The highest BCUT2D eigenvalue weighted by Gasteiger charge is 2.05. The Labute approximate surface area is 111 Å². The summed E-state index contributed by atoms with van der Waals surface area (Å²) in [5, 5.41) is 0. The molecule has 2 N–H and O–H groups in total. The first-order chi connectivity index (χ1) is 7.50. The van der Waals surface area contributed by atoms with Gasteiger partial charge in [0, 0.05) is 15.4 Å². The lowest BCUT2D eigenvalue weighted by Crippen LogP contribution is -2.04. The molecule has 0 heterocycles. The molecule has 0 spiro atoms. The Morgan fingerprint density at radius 3 is 2.50 bits per heavy atom. The lowest BCUT2D eigenvalue weighted by atomic mass is 10.1. The van der Waals surface area contributed by atoms with Crippen LogP contribution in [0.4, 0.5) is 0 Å². The van der Waals surface area contributed by atoms with Gasteiger partial charge in [0.05, 0.1) is 0 Å². The number of rotatable bonds is 5. The van der Waals surface area contributed by atoms with E-state index in [4.69, 9.17) is 5.73 Å². The third-order valence-corrected chi connectivity index (χ3v) is 4.46. The van der Waals surface area contributed by atoms with Gasteiger partial charge in [-0.05, 0) is 58.6 Å². The molecule has 0 aliphatic carbocycles. The van der Waals surface area contributed by atoms with Gasteiger partial charge in [0.15, 0.2) is 0 Å². The van der Waals surface area contributed by atoms with E-state index in [0.717, 1.165) is 10.4 Å². The van der Waals surface area contributed by atoms with Gasteiger partial charge < -0.3 is 5.73 Å². The standard InChI is InChI=1S/C13H20BrNS/c1-9(2)6-7-16-13-5-4-11(10(3)15)8-12(13)14/h4-5,8-10H,6-7,15H2,1-3H3/t10-/m0/s1. The quantitative estimate of drug-likeness (QED) is 0.804. The SMILES string of the molecule is CC(C)CCSc1ccc([C@H](C)N)cc1Br. The minimum absolute atomic E-state index is 0.103. The Morgan fingerprint density at radius 1 is 1.31 bits per heavy atom. The smallest absolute Gasteiger partial charge is 0.0314 e. The van der Waals surface area contributed by atoms with Crippen LogP contribution in [0.25, 0.3) is 0 Å². The highest BCUT2D eigenvalue weighted by molar-refractivity contribution is 9.10. The number of hydrogen-bond donors (Lipinski definition) is 1. The van der Waals surface area contributed by atoms with Crippen LogP contribution in [-0.4, -0.2) is 5.75 Å². The zero-order valence-electron chi connectivity index (χ0n) is 10.2. The molecule has 1 aromatic rings. The van der Waals surface area contributed by atoms with Crippen molar-refractivity contribution in [1.82, 2.24) is 0 Å². The van der Waals surface area contributed by atoms with Gasteiger partial charge in [0.1, 0.15) is 0 Å². The zero-order valence-corrected chi connectivity index (χ0v) is 12.6. The van der Waals surface area contributed by atoms with Crippen LogP contribution in [0.5, 0.6) is 0 Å². The maximum Gasteiger partial charge on any atom is 0.0314 e. The highest BCUT2D eigenvalue weighted by atomic mass is 79.9. The first-order valence-electron chi connectivity index (χ1n) is 5.68. The predicted molar refractivity (Wildman–Crippen MR) is 76.9 cm³/mol. The summed E-state index contributed by atoms with van der Waals surface area (Å²) in [6.07, 6.45) is 1.26. The molecule has 16 heavy (non-hydrogen) atoms. The summed E-state index contributed by atoms with van der Waals surface area (Å²) in [4.78, 5) is 1.31. The fourth-order valence-corrected chi connectivity index (χ4v) is 3.23. The third-order valence-electron chi connectivity index (χ3n) is 2.43. The molecule has 0 amide bonds. The molecule has 0 radical (unpaired) electrons. The van der Waals surface area contributed by atoms with Crippen LogP contribution >= 0.6 is 27.7 Å². The van der Waals surface area contributed by atoms with Crippen molar-refractivity contribution in [2.24, 2.45) is 11.7 Å². The van der Waals surface area contributed by atoms with Gasteiger partial charge in [-0.15, -0.1) is 11.8 Å². The van der Waals surface area contributed by atoms with E-state index in [0.29, 0.717) is 0 Å². The van der Waals surface area contributed by atoms with Crippen molar-refractivity contribution >= 4 is 27.7 Å². The fourth-order valence-electron chi connectivity index (χ4n) is 1.32. The molecule has 0 aromatic heterocycles. The number of benzene rings is 1. The van der Waals surface area contributed by atoms with Crippen molar-refractivity contribution in [1.29, 1.82) is 0 Å². The predicted octanol–water partition coefficient (Wildman–Crippen LogP) is 4.61. The number of nitrogens with two attached hydrogens (primary N) is 1. The third kappa shape index (κ3) is 4.48. The maximum atomic E-state index is 5.84. The molecular formula is C13H20BrNS. The van der Waals surface area contributed by atoms with E-state index in [-0.39, 0.29) is 6.04 Å². The largest absolute Gasteiger partial charge is 0.324 e.